The van der Waals surface area contributed by atoms with Crippen LogP contribution in [0.25, 0.3) is 22.1 Å². The van der Waals surface area contributed by atoms with E-state index in [0.29, 0.717) is 13.1 Å². The monoisotopic (exact) mass is 1020 g/mol. The third-order valence-electron chi connectivity index (χ3n) is 13.0. The Bertz CT molecular complexity index is 3110. The van der Waals surface area contributed by atoms with E-state index in [0.717, 1.165) is 99.7 Å². The molecule has 6 aromatic carbocycles. The highest BCUT2D eigenvalue weighted by atomic mass is 79.9. The zero-order chi connectivity index (χ0) is 47.5. The molecule has 67 heavy (non-hydrogen) atoms. The SMILES string of the molecule is Cc1ccc(C(CC(=O)OC(=O)CC(c2ccc(C)c(CN(C)Cc3cccc(Br)c3)c2)c2ccc3c(nnn3C)c2C)c2ccc3c(nnn3C)c2C)cc1CN(C)Cc1ccc(Br)cc1. The van der Waals surface area contributed by atoms with Crippen LogP contribution in [-0.2, 0) is 54.6 Å². The average Bonchev–Trinajstić information content (AvgIpc) is 3.87. The van der Waals surface area contributed by atoms with Gasteiger partial charge in [0.25, 0.3) is 0 Å². The van der Waals surface area contributed by atoms with Gasteiger partial charge in [0, 0.05) is 61.1 Å². The highest BCUT2D eigenvalue weighted by molar-refractivity contribution is 9.10. The largest absolute Gasteiger partial charge is 0.393 e. The van der Waals surface area contributed by atoms with Crippen molar-refractivity contribution in [1.82, 2.24) is 39.8 Å². The first kappa shape index (κ1) is 47.6. The van der Waals surface area contributed by atoms with Crippen LogP contribution in [0.1, 0.15) is 91.4 Å². The zero-order valence-electron chi connectivity index (χ0n) is 39.3. The molecule has 0 bridgehead atoms. The van der Waals surface area contributed by atoms with E-state index >= 15 is 0 Å². The van der Waals surface area contributed by atoms with E-state index in [9.17, 15) is 9.59 Å². The van der Waals surface area contributed by atoms with Gasteiger partial charge in [0.05, 0.1) is 23.9 Å². The smallest absolute Gasteiger partial charge is 0.314 e. The van der Waals surface area contributed by atoms with E-state index in [2.05, 4.69) is 169 Å². The summed E-state index contributed by atoms with van der Waals surface area (Å²) in [5, 5.41) is 17.5. The Balaban J connectivity index is 1.08. The molecule has 0 fully saturated rings. The molecule has 8 rings (SSSR count). The van der Waals surface area contributed by atoms with Gasteiger partial charge in [-0.2, -0.15) is 0 Å². The molecule has 11 nitrogen and oxygen atoms in total. The molecule has 0 radical (unpaired) electrons. The van der Waals surface area contributed by atoms with E-state index in [1.54, 1.807) is 9.36 Å². The number of carbonyl (C=O) groups is 2. The lowest BCUT2D eigenvalue weighted by Crippen LogP contribution is -2.20. The number of hydrogen-bond acceptors (Lipinski definition) is 9. The molecule has 0 saturated heterocycles. The maximum atomic E-state index is 14.3. The summed E-state index contributed by atoms with van der Waals surface area (Å²) in [5.41, 5.74) is 16.0. The topological polar surface area (TPSA) is 111 Å². The fraction of sp³-hybridized carbons (Fsp3) is 0.296. The summed E-state index contributed by atoms with van der Waals surface area (Å²) in [7, 11) is 7.96. The minimum atomic E-state index is -0.596. The first-order chi connectivity index (χ1) is 32.1. The van der Waals surface area contributed by atoms with Gasteiger partial charge in [0.2, 0.25) is 0 Å². The lowest BCUT2D eigenvalue weighted by Gasteiger charge is -2.24. The first-order valence-electron chi connectivity index (χ1n) is 22.5. The number of aromatic nitrogens is 6. The van der Waals surface area contributed by atoms with Crippen LogP contribution in [0.15, 0.2) is 118 Å². The van der Waals surface area contributed by atoms with E-state index in [1.165, 1.54) is 11.1 Å². The predicted octanol–water partition coefficient (Wildman–Crippen LogP) is 11.1. The Morgan fingerprint density at radius 1 is 0.567 bits per heavy atom. The second-order valence-corrected chi connectivity index (χ2v) is 19.9. The number of aryl methyl sites for hydroxylation is 6. The normalized spacial score (nSPS) is 12.7. The maximum Gasteiger partial charge on any atom is 0.314 e. The van der Waals surface area contributed by atoms with Crippen LogP contribution < -0.4 is 0 Å². The van der Waals surface area contributed by atoms with Crippen molar-refractivity contribution in [3.8, 4) is 0 Å². The van der Waals surface area contributed by atoms with Crippen LogP contribution in [0.4, 0.5) is 0 Å². The molecule has 2 aromatic heterocycles. The van der Waals surface area contributed by atoms with Gasteiger partial charge in [-0.15, -0.1) is 10.2 Å². The van der Waals surface area contributed by atoms with Gasteiger partial charge in [-0.3, -0.25) is 19.4 Å². The second-order valence-electron chi connectivity index (χ2n) is 18.1. The van der Waals surface area contributed by atoms with E-state index in [1.807, 2.05) is 58.3 Å². The quantitative estimate of drug-likeness (QED) is 0.0690. The fourth-order valence-corrected chi connectivity index (χ4v) is 10.0. The minimum Gasteiger partial charge on any atom is -0.393 e. The molecule has 2 heterocycles. The lowest BCUT2D eigenvalue weighted by molar-refractivity contribution is -0.159. The fourth-order valence-electron chi connectivity index (χ4n) is 9.31. The third-order valence-corrected chi connectivity index (χ3v) is 14.0. The number of nitrogens with zero attached hydrogens (tertiary/aromatic N) is 8. The molecule has 344 valence electrons. The predicted molar refractivity (Wildman–Crippen MR) is 271 cm³/mol. The van der Waals surface area contributed by atoms with Crippen LogP contribution in [0.3, 0.4) is 0 Å². The standard InChI is InChI=1S/C54H56Br2N8O3/c1-33-12-16-39(25-41(33)31-61(5)29-37-14-18-43(55)19-15-37)47(45-20-22-49-53(35(45)3)57-59-63(49)7)27-51(65)67-52(66)28-48(46-21-23-50-54(36(46)4)58-60-64(50)8)40-17-13-34(2)42(26-40)32-62(6)30-38-10-9-11-44(56)24-38/h9-26,47-48H,27-32H2,1-8H3. The number of hydrogen-bond donors (Lipinski definition) is 0. The molecule has 0 saturated carbocycles. The summed E-state index contributed by atoms with van der Waals surface area (Å²) >= 11 is 7.15. The third kappa shape index (κ3) is 11.0. The van der Waals surface area contributed by atoms with Crippen molar-refractivity contribution in [1.29, 1.82) is 0 Å². The van der Waals surface area contributed by atoms with Crippen LogP contribution in [0.5, 0.6) is 0 Å². The molecule has 13 heteroatoms. The van der Waals surface area contributed by atoms with E-state index in [-0.39, 0.29) is 12.8 Å². The number of halogens is 2. The molecule has 0 spiro atoms. The molecule has 2 unspecified atom stereocenters. The number of ether oxygens (including phenoxy) is 1. The van der Waals surface area contributed by atoms with Gasteiger partial charge in [-0.05, 0) is 145 Å². The summed E-state index contributed by atoms with van der Waals surface area (Å²) in [5.74, 6) is -2.04. The number of carbonyl (C=O) groups excluding carboxylic acids is 2. The Morgan fingerprint density at radius 3 is 1.52 bits per heavy atom. The minimum absolute atomic E-state index is 0.0517. The van der Waals surface area contributed by atoms with Crippen molar-refractivity contribution in [2.24, 2.45) is 14.1 Å². The number of rotatable bonds is 16. The highest BCUT2D eigenvalue weighted by Gasteiger charge is 2.28. The van der Waals surface area contributed by atoms with Gasteiger partial charge in [-0.1, -0.05) is 115 Å². The van der Waals surface area contributed by atoms with Crippen molar-refractivity contribution in [3.05, 3.63) is 185 Å². The summed E-state index contributed by atoms with van der Waals surface area (Å²) in [6, 6.07) is 37.6. The van der Waals surface area contributed by atoms with Crippen LogP contribution in [0.2, 0.25) is 0 Å². The lowest BCUT2D eigenvalue weighted by atomic mass is 9.84. The number of fused-ring (bicyclic) bond motifs is 2. The molecule has 8 aromatic rings. The first-order valence-corrected chi connectivity index (χ1v) is 24.1. The Morgan fingerprint density at radius 2 is 1.04 bits per heavy atom. The molecule has 2 atom stereocenters. The molecule has 0 amide bonds. The Hall–Kier alpha value is -5.86. The van der Waals surface area contributed by atoms with Crippen molar-refractivity contribution < 1.29 is 14.3 Å². The molecule has 0 N–H and O–H groups in total. The van der Waals surface area contributed by atoms with Gasteiger partial charge >= 0.3 is 11.9 Å². The van der Waals surface area contributed by atoms with Crippen molar-refractivity contribution in [2.45, 2.75) is 78.6 Å². The van der Waals surface area contributed by atoms with Crippen molar-refractivity contribution in [2.75, 3.05) is 14.1 Å². The molecular weight excluding hydrogens is 968 g/mol. The summed E-state index contributed by atoms with van der Waals surface area (Å²) in [4.78, 5) is 33.2. The van der Waals surface area contributed by atoms with Gasteiger partial charge in [0.1, 0.15) is 11.0 Å². The molecule has 0 aliphatic heterocycles. The van der Waals surface area contributed by atoms with E-state index in [4.69, 9.17) is 4.74 Å². The summed E-state index contributed by atoms with van der Waals surface area (Å²) < 4.78 is 11.5. The molecule has 0 aliphatic carbocycles. The number of benzene rings is 6. The Kier molecular flexibility index (Phi) is 14.6. The average molecular weight is 1020 g/mol. The highest BCUT2D eigenvalue weighted by Crippen LogP contribution is 2.37. The van der Waals surface area contributed by atoms with Crippen molar-refractivity contribution >= 4 is 65.9 Å². The van der Waals surface area contributed by atoms with Gasteiger partial charge < -0.3 is 4.74 Å². The zero-order valence-corrected chi connectivity index (χ0v) is 42.5. The van der Waals surface area contributed by atoms with Crippen LogP contribution >= 0.6 is 31.9 Å². The second kappa shape index (κ2) is 20.6. The van der Waals surface area contributed by atoms with E-state index < -0.39 is 23.8 Å². The number of esters is 2. The van der Waals surface area contributed by atoms with Crippen LogP contribution in [0, 0.1) is 27.7 Å². The molecular formula is C54H56Br2N8O3. The summed E-state index contributed by atoms with van der Waals surface area (Å²) in [6.07, 6.45) is -0.104. The van der Waals surface area contributed by atoms with Gasteiger partial charge in [-0.25, -0.2) is 9.36 Å². The van der Waals surface area contributed by atoms with Crippen molar-refractivity contribution in [3.63, 3.8) is 0 Å². The Labute approximate surface area is 409 Å². The maximum absolute atomic E-state index is 14.3. The molecule has 0 aliphatic rings. The van der Waals surface area contributed by atoms with Gasteiger partial charge in [0.15, 0.2) is 0 Å². The van der Waals surface area contributed by atoms with Crippen LogP contribution in [-0.4, -0.2) is 65.8 Å². The summed E-state index contributed by atoms with van der Waals surface area (Å²) in [6.45, 7) is 11.2.